The monoisotopic (exact) mass is 180 g/mol. The van der Waals surface area contributed by atoms with E-state index in [0.29, 0.717) is 4.48 Å². The first-order chi connectivity index (χ1) is 3.66. The molecular weight excluding hydrogens is 176 g/mol. The van der Waals surface area contributed by atoms with E-state index >= 15 is 0 Å². The van der Waals surface area contributed by atoms with Gasteiger partial charge in [-0.05, 0) is 15.9 Å². The molecule has 0 atom stereocenters. The van der Waals surface area contributed by atoms with Gasteiger partial charge in [-0.1, -0.05) is 0 Å². The number of nitrogens with zero attached hydrogens (tertiary/aromatic N) is 1. The van der Waals surface area contributed by atoms with Crippen LogP contribution in [-0.4, -0.2) is 11.5 Å². The molecule has 0 amide bonds. The molecule has 0 radical (unpaired) electrons. The van der Waals surface area contributed by atoms with E-state index in [1.165, 1.54) is 0 Å². The van der Waals surface area contributed by atoms with Crippen LogP contribution < -0.4 is 5.73 Å². The number of halogens is 1. The van der Waals surface area contributed by atoms with Gasteiger partial charge in [0.25, 0.3) is 0 Å². The maximum absolute atomic E-state index is 9.65. The molecule has 46 valence electrons. The van der Waals surface area contributed by atoms with Gasteiger partial charge >= 0.3 is 0 Å². The van der Waals surface area contributed by atoms with Crippen molar-refractivity contribution in [1.82, 2.24) is 0 Å². The SMILES string of the molecule is N/C=C(/Br)C[N+](=O)[O-]. The van der Waals surface area contributed by atoms with Gasteiger partial charge in [0.15, 0.2) is 0 Å². The Morgan fingerprint density at radius 1 is 2.00 bits per heavy atom. The third-order valence-electron chi connectivity index (χ3n) is 0.461. The minimum absolute atomic E-state index is 0.240. The summed E-state index contributed by atoms with van der Waals surface area (Å²) in [4.78, 5) is 9.18. The molecule has 0 aliphatic carbocycles. The van der Waals surface area contributed by atoms with Gasteiger partial charge in [0.05, 0.1) is 4.48 Å². The zero-order valence-electron chi connectivity index (χ0n) is 4.00. The standard InChI is InChI=1S/C3H5BrN2O2/c4-3(1-5)2-6(7)8/h1H,2,5H2/b3-1+. The molecule has 0 heterocycles. The van der Waals surface area contributed by atoms with Crippen LogP contribution in [0.2, 0.25) is 0 Å². The van der Waals surface area contributed by atoms with Gasteiger partial charge in [0.2, 0.25) is 6.54 Å². The molecule has 0 spiro atoms. The molecule has 0 bridgehead atoms. The minimum atomic E-state index is -0.465. The Morgan fingerprint density at radius 2 is 2.50 bits per heavy atom. The molecule has 0 aliphatic rings. The van der Waals surface area contributed by atoms with E-state index in [1.54, 1.807) is 0 Å². The Kier molecular flexibility index (Phi) is 3.18. The van der Waals surface area contributed by atoms with Crippen LogP contribution in [0.4, 0.5) is 0 Å². The zero-order valence-corrected chi connectivity index (χ0v) is 5.59. The van der Waals surface area contributed by atoms with Gasteiger partial charge in [-0.2, -0.15) is 0 Å². The van der Waals surface area contributed by atoms with Crippen molar-refractivity contribution in [2.24, 2.45) is 5.73 Å². The van der Waals surface area contributed by atoms with Crippen LogP contribution in [0.1, 0.15) is 0 Å². The van der Waals surface area contributed by atoms with Crippen LogP contribution in [0.15, 0.2) is 10.7 Å². The second-order valence-corrected chi connectivity index (χ2v) is 2.12. The lowest BCUT2D eigenvalue weighted by molar-refractivity contribution is -0.469. The fourth-order valence-corrected chi connectivity index (χ4v) is 0.381. The van der Waals surface area contributed by atoms with Crippen molar-refractivity contribution in [3.05, 3.63) is 20.8 Å². The van der Waals surface area contributed by atoms with Crippen molar-refractivity contribution in [2.45, 2.75) is 0 Å². The van der Waals surface area contributed by atoms with Crippen LogP contribution in [0.3, 0.4) is 0 Å². The first-order valence-corrected chi connectivity index (χ1v) is 2.64. The largest absolute Gasteiger partial charge is 0.404 e. The van der Waals surface area contributed by atoms with Crippen LogP contribution in [-0.2, 0) is 0 Å². The molecule has 5 heteroatoms. The molecule has 0 aliphatic heterocycles. The fraction of sp³-hybridized carbons (Fsp3) is 0.333. The Hall–Kier alpha value is -0.580. The first kappa shape index (κ1) is 7.42. The highest BCUT2D eigenvalue weighted by molar-refractivity contribution is 9.11. The molecular formula is C3H5BrN2O2. The van der Waals surface area contributed by atoms with E-state index in [2.05, 4.69) is 15.9 Å². The lowest BCUT2D eigenvalue weighted by Gasteiger charge is -1.86. The highest BCUT2D eigenvalue weighted by Crippen LogP contribution is 2.00. The smallest absolute Gasteiger partial charge is 0.236 e. The van der Waals surface area contributed by atoms with Crippen molar-refractivity contribution in [1.29, 1.82) is 0 Å². The van der Waals surface area contributed by atoms with Crippen molar-refractivity contribution in [2.75, 3.05) is 6.54 Å². The normalized spacial score (nSPS) is 11.4. The molecule has 0 aromatic heterocycles. The van der Waals surface area contributed by atoms with E-state index in [1.807, 2.05) is 0 Å². The number of hydrogen-bond donors (Lipinski definition) is 1. The van der Waals surface area contributed by atoms with Crippen molar-refractivity contribution < 1.29 is 4.92 Å². The molecule has 0 aromatic rings. The van der Waals surface area contributed by atoms with Crippen LogP contribution in [0, 0.1) is 10.1 Å². The fourth-order valence-electron chi connectivity index (χ4n) is 0.176. The number of rotatable bonds is 2. The summed E-state index contributed by atoms with van der Waals surface area (Å²) in [7, 11) is 0. The topological polar surface area (TPSA) is 69.2 Å². The summed E-state index contributed by atoms with van der Waals surface area (Å²) in [6.07, 6.45) is 1.16. The predicted molar refractivity (Wildman–Crippen MR) is 33.1 cm³/mol. The van der Waals surface area contributed by atoms with E-state index in [0.717, 1.165) is 6.20 Å². The van der Waals surface area contributed by atoms with Crippen LogP contribution in [0.25, 0.3) is 0 Å². The Morgan fingerprint density at radius 3 is 2.62 bits per heavy atom. The Balaban J connectivity index is 3.56. The molecule has 0 unspecified atom stereocenters. The summed E-state index contributed by atoms with van der Waals surface area (Å²) < 4.78 is 0.391. The summed E-state index contributed by atoms with van der Waals surface area (Å²) in [6.45, 7) is -0.240. The average Bonchev–Trinajstić information content (AvgIpc) is 1.65. The Bertz CT molecular complexity index is 122. The third kappa shape index (κ3) is 3.60. The summed E-state index contributed by atoms with van der Waals surface area (Å²) in [5.74, 6) is 0. The molecule has 0 rings (SSSR count). The van der Waals surface area contributed by atoms with Gasteiger partial charge in [0.1, 0.15) is 0 Å². The van der Waals surface area contributed by atoms with E-state index in [4.69, 9.17) is 5.73 Å². The van der Waals surface area contributed by atoms with Gasteiger partial charge in [0, 0.05) is 11.1 Å². The maximum Gasteiger partial charge on any atom is 0.236 e. The number of nitro groups is 1. The number of hydrogen-bond acceptors (Lipinski definition) is 3. The number of nitrogens with two attached hydrogens (primary N) is 1. The Labute approximate surface area is 54.6 Å². The second kappa shape index (κ2) is 3.43. The summed E-state index contributed by atoms with van der Waals surface area (Å²) in [5.41, 5.74) is 4.91. The van der Waals surface area contributed by atoms with Gasteiger partial charge in [-0.25, -0.2) is 0 Å². The third-order valence-corrected chi connectivity index (χ3v) is 0.976. The molecule has 2 N–H and O–H groups in total. The molecule has 4 nitrogen and oxygen atoms in total. The highest BCUT2D eigenvalue weighted by Gasteiger charge is 1.97. The van der Waals surface area contributed by atoms with E-state index in [9.17, 15) is 10.1 Å². The first-order valence-electron chi connectivity index (χ1n) is 1.85. The molecule has 8 heavy (non-hydrogen) atoms. The summed E-state index contributed by atoms with van der Waals surface area (Å²) >= 11 is 2.87. The second-order valence-electron chi connectivity index (χ2n) is 1.10. The zero-order chi connectivity index (χ0) is 6.57. The molecule has 0 aromatic carbocycles. The van der Waals surface area contributed by atoms with E-state index < -0.39 is 4.92 Å². The lowest BCUT2D eigenvalue weighted by Crippen LogP contribution is -2.00. The summed E-state index contributed by atoms with van der Waals surface area (Å²) in [5, 5.41) is 9.65. The van der Waals surface area contributed by atoms with Gasteiger partial charge < -0.3 is 5.73 Å². The lowest BCUT2D eigenvalue weighted by atomic mass is 10.6. The van der Waals surface area contributed by atoms with Crippen molar-refractivity contribution in [3.8, 4) is 0 Å². The quantitative estimate of drug-likeness (QED) is 0.496. The highest BCUT2D eigenvalue weighted by atomic mass is 79.9. The molecule has 0 fully saturated rings. The molecule has 0 saturated heterocycles. The van der Waals surface area contributed by atoms with Gasteiger partial charge in [-0.3, -0.25) is 10.1 Å². The molecule has 0 saturated carbocycles. The summed E-state index contributed by atoms with van der Waals surface area (Å²) in [6, 6.07) is 0. The maximum atomic E-state index is 9.65. The van der Waals surface area contributed by atoms with Crippen LogP contribution >= 0.6 is 15.9 Å². The van der Waals surface area contributed by atoms with E-state index in [-0.39, 0.29) is 6.54 Å². The predicted octanol–water partition coefficient (Wildman–Crippen LogP) is 0.458. The average molecular weight is 181 g/mol. The minimum Gasteiger partial charge on any atom is -0.404 e. The van der Waals surface area contributed by atoms with Gasteiger partial charge in [-0.15, -0.1) is 0 Å². The van der Waals surface area contributed by atoms with Crippen molar-refractivity contribution >= 4 is 15.9 Å². The van der Waals surface area contributed by atoms with Crippen molar-refractivity contribution in [3.63, 3.8) is 0 Å². The van der Waals surface area contributed by atoms with Crippen LogP contribution in [0.5, 0.6) is 0 Å².